The van der Waals surface area contributed by atoms with Crippen LogP contribution in [-0.4, -0.2) is 5.78 Å². The van der Waals surface area contributed by atoms with Crippen LogP contribution in [0.5, 0.6) is 0 Å². The van der Waals surface area contributed by atoms with Gasteiger partial charge in [0, 0.05) is 3.57 Å². The first kappa shape index (κ1) is 9.44. The summed E-state index contributed by atoms with van der Waals surface area (Å²) in [6.07, 6.45) is 0. The molecule has 0 aliphatic rings. The third kappa shape index (κ3) is 1.57. The Balaban J connectivity index is 3.43. The average Bonchev–Trinajstić information content (AvgIpc) is 1.97. The van der Waals surface area contributed by atoms with Crippen LogP contribution < -0.4 is 5.73 Å². The number of halogens is 2. The monoisotopic (exact) mass is 279 g/mol. The third-order valence-corrected chi connectivity index (χ3v) is 2.43. The van der Waals surface area contributed by atoms with Crippen molar-refractivity contribution in [1.29, 1.82) is 0 Å². The van der Waals surface area contributed by atoms with Crippen LogP contribution in [0.4, 0.5) is 10.1 Å². The molecule has 0 aromatic heterocycles. The fraction of sp³-hybridized carbons (Fsp3) is 0.125. The molecule has 0 atom stereocenters. The second kappa shape index (κ2) is 3.38. The second-order valence-electron chi connectivity index (χ2n) is 2.37. The SMILES string of the molecule is CC(=O)c1c(F)ccc(I)c1N. The summed E-state index contributed by atoms with van der Waals surface area (Å²) in [4.78, 5) is 10.9. The number of hydrogen-bond donors (Lipinski definition) is 1. The molecule has 2 nitrogen and oxygen atoms in total. The predicted molar refractivity (Wildman–Crippen MR) is 53.5 cm³/mol. The number of Topliss-reactive ketones (excluding diaryl/α,β-unsaturated/α-hetero) is 1. The van der Waals surface area contributed by atoms with E-state index in [0.717, 1.165) is 0 Å². The fourth-order valence-electron chi connectivity index (χ4n) is 0.925. The highest BCUT2D eigenvalue weighted by molar-refractivity contribution is 14.1. The molecule has 0 heterocycles. The molecule has 0 amide bonds. The number of hydrogen-bond acceptors (Lipinski definition) is 2. The number of rotatable bonds is 1. The number of nitrogens with two attached hydrogens (primary N) is 1. The first-order chi connectivity index (χ1) is 5.54. The largest absolute Gasteiger partial charge is 0.397 e. The van der Waals surface area contributed by atoms with Crippen LogP contribution in [-0.2, 0) is 0 Å². The molecule has 0 saturated carbocycles. The Morgan fingerprint density at radius 3 is 2.58 bits per heavy atom. The fourth-order valence-corrected chi connectivity index (χ4v) is 1.37. The number of carbonyl (C=O) groups excluding carboxylic acids is 1. The maximum atomic E-state index is 13.0. The summed E-state index contributed by atoms with van der Waals surface area (Å²) in [5.74, 6) is -0.899. The third-order valence-electron chi connectivity index (χ3n) is 1.49. The van der Waals surface area contributed by atoms with Crippen molar-refractivity contribution in [2.75, 3.05) is 5.73 Å². The van der Waals surface area contributed by atoms with E-state index in [4.69, 9.17) is 5.73 Å². The highest BCUT2D eigenvalue weighted by Crippen LogP contribution is 2.22. The van der Waals surface area contributed by atoms with E-state index >= 15 is 0 Å². The molecule has 64 valence electrons. The Morgan fingerprint density at radius 2 is 2.17 bits per heavy atom. The average molecular weight is 279 g/mol. The lowest BCUT2D eigenvalue weighted by Gasteiger charge is -2.04. The van der Waals surface area contributed by atoms with Gasteiger partial charge >= 0.3 is 0 Å². The molecule has 1 aromatic rings. The van der Waals surface area contributed by atoms with Gasteiger partial charge in [-0.1, -0.05) is 0 Å². The molecular weight excluding hydrogens is 272 g/mol. The number of carbonyl (C=O) groups is 1. The molecule has 4 heteroatoms. The van der Waals surface area contributed by atoms with Gasteiger partial charge in [-0.3, -0.25) is 4.79 Å². The van der Waals surface area contributed by atoms with Gasteiger partial charge in [-0.15, -0.1) is 0 Å². The summed E-state index contributed by atoms with van der Waals surface area (Å²) >= 11 is 1.96. The standard InChI is InChI=1S/C8H7FINO/c1-4(12)7-5(9)2-3-6(10)8(7)11/h2-3H,11H2,1H3. The first-order valence-corrected chi connectivity index (χ1v) is 4.36. The molecule has 0 aliphatic carbocycles. The lowest BCUT2D eigenvalue weighted by molar-refractivity contribution is 0.101. The van der Waals surface area contributed by atoms with Gasteiger partial charge in [0.15, 0.2) is 5.78 Å². The first-order valence-electron chi connectivity index (χ1n) is 3.28. The Bertz CT molecular complexity index is 338. The van der Waals surface area contributed by atoms with Gasteiger partial charge in [0.2, 0.25) is 0 Å². The summed E-state index contributed by atoms with van der Waals surface area (Å²) in [5, 5.41) is 0. The molecule has 0 spiro atoms. The van der Waals surface area contributed by atoms with Gasteiger partial charge in [-0.2, -0.15) is 0 Å². The van der Waals surface area contributed by atoms with Crippen molar-refractivity contribution >= 4 is 34.1 Å². The number of nitrogen functional groups attached to an aromatic ring is 1. The number of anilines is 1. The van der Waals surface area contributed by atoms with E-state index < -0.39 is 5.82 Å². The molecule has 0 aliphatic heterocycles. The zero-order valence-electron chi connectivity index (χ0n) is 6.40. The van der Waals surface area contributed by atoms with Crippen LogP contribution in [0.15, 0.2) is 12.1 Å². The van der Waals surface area contributed by atoms with Crippen molar-refractivity contribution in [3.05, 3.63) is 27.1 Å². The van der Waals surface area contributed by atoms with Gasteiger partial charge in [0.05, 0.1) is 11.3 Å². The molecule has 0 bridgehead atoms. The highest BCUT2D eigenvalue weighted by Gasteiger charge is 2.12. The lowest BCUT2D eigenvalue weighted by Crippen LogP contribution is -2.04. The van der Waals surface area contributed by atoms with Crippen LogP contribution in [0.1, 0.15) is 17.3 Å². The Hall–Kier alpha value is -0.650. The van der Waals surface area contributed by atoms with Crippen molar-refractivity contribution in [2.24, 2.45) is 0 Å². The van der Waals surface area contributed by atoms with Crippen LogP contribution in [0.25, 0.3) is 0 Å². The van der Waals surface area contributed by atoms with E-state index in [1.54, 1.807) is 0 Å². The Morgan fingerprint density at radius 1 is 1.58 bits per heavy atom. The van der Waals surface area contributed by atoms with E-state index in [-0.39, 0.29) is 17.0 Å². The lowest BCUT2D eigenvalue weighted by atomic mass is 10.1. The minimum Gasteiger partial charge on any atom is -0.397 e. The van der Waals surface area contributed by atoms with Gasteiger partial charge in [0.25, 0.3) is 0 Å². The highest BCUT2D eigenvalue weighted by atomic mass is 127. The minimum absolute atomic E-state index is 0.0121. The smallest absolute Gasteiger partial charge is 0.164 e. The Kier molecular flexibility index (Phi) is 2.66. The van der Waals surface area contributed by atoms with Gasteiger partial charge < -0.3 is 5.73 Å². The summed E-state index contributed by atoms with van der Waals surface area (Å²) in [6.45, 7) is 1.30. The van der Waals surface area contributed by atoms with Crippen molar-refractivity contribution in [2.45, 2.75) is 6.92 Å². The van der Waals surface area contributed by atoms with E-state index in [2.05, 4.69) is 0 Å². The van der Waals surface area contributed by atoms with Gasteiger partial charge in [-0.05, 0) is 41.6 Å². The summed E-state index contributed by atoms with van der Waals surface area (Å²) in [6, 6.07) is 2.78. The summed E-state index contributed by atoms with van der Waals surface area (Å²) in [5.41, 5.74) is 5.73. The normalized spacial score (nSPS) is 9.92. The Labute approximate surface area is 83.1 Å². The summed E-state index contributed by atoms with van der Waals surface area (Å²) < 4.78 is 13.7. The quantitative estimate of drug-likeness (QED) is 0.486. The maximum absolute atomic E-state index is 13.0. The molecular formula is C8H7FINO. The van der Waals surface area contributed by atoms with Crippen molar-refractivity contribution in [1.82, 2.24) is 0 Å². The molecule has 0 saturated heterocycles. The topological polar surface area (TPSA) is 43.1 Å². The van der Waals surface area contributed by atoms with Gasteiger partial charge in [0.1, 0.15) is 5.82 Å². The van der Waals surface area contributed by atoms with Crippen LogP contribution in [0.2, 0.25) is 0 Å². The molecule has 12 heavy (non-hydrogen) atoms. The number of benzene rings is 1. The van der Waals surface area contributed by atoms with Gasteiger partial charge in [-0.25, -0.2) is 4.39 Å². The van der Waals surface area contributed by atoms with E-state index in [1.165, 1.54) is 19.1 Å². The van der Waals surface area contributed by atoms with Crippen molar-refractivity contribution < 1.29 is 9.18 Å². The zero-order chi connectivity index (χ0) is 9.30. The number of ketones is 1. The maximum Gasteiger partial charge on any atom is 0.164 e. The zero-order valence-corrected chi connectivity index (χ0v) is 8.55. The van der Waals surface area contributed by atoms with E-state index in [1.807, 2.05) is 22.6 Å². The van der Waals surface area contributed by atoms with Crippen LogP contribution in [0.3, 0.4) is 0 Å². The van der Waals surface area contributed by atoms with Crippen molar-refractivity contribution in [3.63, 3.8) is 0 Å². The molecule has 1 aromatic carbocycles. The van der Waals surface area contributed by atoms with E-state index in [9.17, 15) is 9.18 Å². The predicted octanol–water partition coefficient (Wildman–Crippen LogP) is 2.22. The molecule has 0 radical (unpaired) electrons. The molecule has 1 rings (SSSR count). The molecule has 0 fully saturated rings. The van der Waals surface area contributed by atoms with Crippen molar-refractivity contribution in [3.8, 4) is 0 Å². The van der Waals surface area contributed by atoms with Crippen LogP contribution in [0, 0.1) is 9.39 Å². The minimum atomic E-state index is -0.555. The molecule has 0 unspecified atom stereocenters. The van der Waals surface area contributed by atoms with E-state index in [0.29, 0.717) is 3.57 Å². The molecule has 2 N–H and O–H groups in total. The van der Waals surface area contributed by atoms with Crippen LogP contribution >= 0.6 is 22.6 Å². The second-order valence-corrected chi connectivity index (χ2v) is 3.54. The summed E-state index contributed by atoms with van der Waals surface area (Å²) in [7, 11) is 0.